The van der Waals surface area contributed by atoms with Crippen molar-refractivity contribution in [3.8, 4) is 5.75 Å². The maximum atomic E-state index is 14.1. The van der Waals surface area contributed by atoms with Crippen LogP contribution in [-0.4, -0.2) is 35.9 Å². The van der Waals surface area contributed by atoms with E-state index in [1.165, 1.54) is 12.1 Å². The zero-order chi connectivity index (χ0) is 20.1. The molecule has 3 rings (SSSR count). The quantitative estimate of drug-likeness (QED) is 0.728. The van der Waals surface area contributed by atoms with E-state index in [4.69, 9.17) is 16.3 Å². The van der Waals surface area contributed by atoms with Crippen molar-refractivity contribution in [3.05, 3.63) is 64.4 Å². The van der Waals surface area contributed by atoms with Gasteiger partial charge < -0.3 is 15.0 Å². The Morgan fingerprint density at radius 3 is 2.54 bits per heavy atom. The summed E-state index contributed by atoms with van der Waals surface area (Å²) >= 11 is 6.09. The molecule has 7 heteroatoms. The normalized spacial score (nSPS) is 13.1. The fourth-order valence-electron chi connectivity index (χ4n) is 2.89. The molecular weight excluding hydrogens is 383 g/mol. The van der Waals surface area contributed by atoms with Crippen molar-refractivity contribution in [2.24, 2.45) is 0 Å². The lowest BCUT2D eigenvalue weighted by atomic mass is 10.2. The van der Waals surface area contributed by atoms with Crippen molar-refractivity contribution < 1.29 is 18.7 Å². The van der Waals surface area contributed by atoms with E-state index in [0.29, 0.717) is 23.5 Å². The second-order valence-electron chi connectivity index (χ2n) is 6.59. The Morgan fingerprint density at radius 1 is 1.21 bits per heavy atom. The molecule has 0 aliphatic heterocycles. The van der Waals surface area contributed by atoms with E-state index in [2.05, 4.69) is 5.32 Å². The zero-order valence-corrected chi connectivity index (χ0v) is 16.3. The van der Waals surface area contributed by atoms with E-state index >= 15 is 0 Å². The summed E-state index contributed by atoms with van der Waals surface area (Å²) in [6, 6.07) is 11.2. The molecule has 0 radical (unpaired) electrons. The van der Waals surface area contributed by atoms with Gasteiger partial charge in [0.15, 0.2) is 0 Å². The average molecular weight is 405 g/mol. The molecule has 2 aromatic carbocycles. The molecule has 1 N–H and O–H groups in total. The lowest BCUT2D eigenvalue weighted by molar-refractivity contribution is -0.131. The molecule has 2 aromatic rings. The van der Waals surface area contributed by atoms with Crippen LogP contribution in [0.2, 0.25) is 5.02 Å². The minimum Gasteiger partial charge on any atom is -0.494 e. The number of amides is 2. The van der Waals surface area contributed by atoms with Crippen molar-refractivity contribution in [2.45, 2.75) is 32.4 Å². The highest BCUT2D eigenvalue weighted by Gasteiger charge is 2.33. The number of carbonyl (C=O) groups excluding carboxylic acids is 2. The Balaban J connectivity index is 1.61. The van der Waals surface area contributed by atoms with Gasteiger partial charge >= 0.3 is 0 Å². The maximum Gasteiger partial charge on any atom is 0.251 e. The van der Waals surface area contributed by atoms with E-state index in [1.807, 2.05) is 6.92 Å². The van der Waals surface area contributed by atoms with Crippen LogP contribution in [0.1, 0.15) is 35.7 Å². The fourth-order valence-corrected chi connectivity index (χ4v) is 3.11. The summed E-state index contributed by atoms with van der Waals surface area (Å²) in [5, 5.41) is 2.92. The number of halogens is 2. The van der Waals surface area contributed by atoms with Crippen molar-refractivity contribution in [2.75, 3.05) is 13.2 Å². The van der Waals surface area contributed by atoms with Gasteiger partial charge in [-0.1, -0.05) is 17.7 Å². The standard InChI is InChI=1S/C21H22ClFN2O3/c1-2-28-16-10-6-14(7-11-16)21(27)24-12-20(26)25(15-8-9-15)13-17-18(22)4-3-5-19(17)23/h3-7,10-11,15H,2,8-9,12-13H2,1H3,(H,24,27). The van der Waals surface area contributed by atoms with Gasteiger partial charge in [-0.05, 0) is 56.2 Å². The Hall–Kier alpha value is -2.60. The summed E-state index contributed by atoms with van der Waals surface area (Å²) in [4.78, 5) is 26.5. The summed E-state index contributed by atoms with van der Waals surface area (Å²) in [5.74, 6) is -0.377. The molecule has 0 unspecified atom stereocenters. The van der Waals surface area contributed by atoms with Crippen LogP contribution in [0, 0.1) is 5.82 Å². The van der Waals surface area contributed by atoms with Crippen LogP contribution < -0.4 is 10.1 Å². The summed E-state index contributed by atoms with van der Waals surface area (Å²) in [6.45, 7) is 2.36. The predicted molar refractivity (Wildman–Crippen MR) is 105 cm³/mol. The molecule has 1 saturated carbocycles. The summed E-state index contributed by atoms with van der Waals surface area (Å²) in [7, 11) is 0. The van der Waals surface area contributed by atoms with Crippen molar-refractivity contribution >= 4 is 23.4 Å². The summed E-state index contributed by atoms with van der Waals surface area (Å²) < 4.78 is 19.4. The van der Waals surface area contributed by atoms with Gasteiger partial charge in [-0.15, -0.1) is 0 Å². The first kappa shape index (κ1) is 20.1. The smallest absolute Gasteiger partial charge is 0.251 e. The van der Waals surface area contributed by atoms with Crippen molar-refractivity contribution in [1.82, 2.24) is 10.2 Å². The Kier molecular flexibility index (Phi) is 6.52. The summed E-state index contributed by atoms with van der Waals surface area (Å²) in [5.41, 5.74) is 0.730. The van der Waals surface area contributed by atoms with Gasteiger partial charge in [0.05, 0.1) is 19.7 Å². The molecule has 0 atom stereocenters. The Morgan fingerprint density at radius 2 is 1.93 bits per heavy atom. The zero-order valence-electron chi connectivity index (χ0n) is 15.6. The molecule has 1 aliphatic carbocycles. The molecule has 0 saturated heterocycles. The van der Waals surface area contributed by atoms with E-state index in [9.17, 15) is 14.0 Å². The number of rotatable bonds is 8. The molecule has 148 valence electrons. The highest BCUT2D eigenvalue weighted by Crippen LogP contribution is 2.30. The maximum absolute atomic E-state index is 14.1. The number of hydrogen-bond donors (Lipinski definition) is 1. The van der Waals surface area contributed by atoms with Crippen LogP contribution in [0.4, 0.5) is 4.39 Å². The number of nitrogens with zero attached hydrogens (tertiary/aromatic N) is 1. The molecule has 0 bridgehead atoms. The Labute approximate surface area is 168 Å². The monoisotopic (exact) mass is 404 g/mol. The molecule has 0 heterocycles. The van der Waals surface area contributed by atoms with E-state index in [-0.39, 0.29) is 36.0 Å². The number of nitrogens with one attached hydrogen (secondary N) is 1. The molecule has 2 amide bonds. The van der Waals surface area contributed by atoms with Gasteiger partial charge in [-0.25, -0.2) is 4.39 Å². The van der Waals surface area contributed by atoms with Crippen LogP contribution in [0.5, 0.6) is 5.75 Å². The third kappa shape index (κ3) is 5.01. The molecule has 5 nitrogen and oxygen atoms in total. The van der Waals surface area contributed by atoms with Crippen LogP contribution >= 0.6 is 11.6 Å². The minimum absolute atomic E-state index is 0.0607. The van der Waals surface area contributed by atoms with Gasteiger partial charge in [-0.2, -0.15) is 0 Å². The Bertz CT molecular complexity index is 833. The lowest BCUT2D eigenvalue weighted by Crippen LogP contribution is -2.41. The first-order valence-corrected chi connectivity index (χ1v) is 9.60. The molecule has 1 fully saturated rings. The second kappa shape index (κ2) is 9.06. The number of carbonyl (C=O) groups is 2. The average Bonchev–Trinajstić information content (AvgIpc) is 3.51. The summed E-state index contributed by atoms with van der Waals surface area (Å²) in [6.07, 6.45) is 1.73. The molecule has 0 spiro atoms. The van der Waals surface area contributed by atoms with Crippen LogP contribution in [0.15, 0.2) is 42.5 Å². The van der Waals surface area contributed by atoms with Gasteiger partial charge in [0.1, 0.15) is 11.6 Å². The first-order valence-electron chi connectivity index (χ1n) is 9.23. The van der Waals surface area contributed by atoms with Gasteiger partial charge in [0.25, 0.3) is 5.91 Å². The van der Waals surface area contributed by atoms with Gasteiger partial charge in [0, 0.05) is 22.2 Å². The van der Waals surface area contributed by atoms with Crippen LogP contribution in [0.3, 0.4) is 0 Å². The molecule has 1 aliphatic rings. The topological polar surface area (TPSA) is 58.6 Å². The highest BCUT2D eigenvalue weighted by atomic mass is 35.5. The molecular formula is C21H22ClFN2O3. The second-order valence-corrected chi connectivity index (χ2v) is 7.00. The highest BCUT2D eigenvalue weighted by molar-refractivity contribution is 6.31. The van der Waals surface area contributed by atoms with Crippen LogP contribution in [0.25, 0.3) is 0 Å². The van der Waals surface area contributed by atoms with E-state index in [1.54, 1.807) is 35.2 Å². The van der Waals surface area contributed by atoms with E-state index in [0.717, 1.165) is 12.8 Å². The SMILES string of the molecule is CCOc1ccc(C(=O)NCC(=O)N(Cc2c(F)cccc2Cl)C2CC2)cc1. The third-order valence-electron chi connectivity index (χ3n) is 4.53. The molecule has 28 heavy (non-hydrogen) atoms. The first-order chi connectivity index (χ1) is 13.5. The van der Waals surface area contributed by atoms with Crippen molar-refractivity contribution in [3.63, 3.8) is 0 Å². The van der Waals surface area contributed by atoms with Crippen LogP contribution in [-0.2, 0) is 11.3 Å². The lowest BCUT2D eigenvalue weighted by Gasteiger charge is -2.23. The molecule has 0 aromatic heterocycles. The number of benzene rings is 2. The predicted octanol–water partition coefficient (Wildman–Crippen LogP) is 3.80. The van der Waals surface area contributed by atoms with Gasteiger partial charge in [0.2, 0.25) is 5.91 Å². The largest absolute Gasteiger partial charge is 0.494 e. The van der Waals surface area contributed by atoms with Crippen molar-refractivity contribution in [1.29, 1.82) is 0 Å². The number of hydrogen-bond acceptors (Lipinski definition) is 3. The van der Waals surface area contributed by atoms with Gasteiger partial charge in [-0.3, -0.25) is 9.59 Å². The third-order valence-corrected chi connectivity index (χ3v) is 4.88. The fraction of sp³-hybridized carbons (Fsp3) is 0.333. The number of ether oxygens (including phenoxy) is 1. The minimum atomic E-state index is -0.440. The van der Waals surface area contributed by atoms with E-state index < -0.39 is 5.82 Å².